The zero-order valence-corrected chi connectivity index (χ0v) is 21.2. The van der Waals surface area contributed by atoms with Gasteiger partial charge < -0.3 is 9.32 Å². The fraction of sp³-hybridized carbons (Fsp3) is 0.333. The van der Waals surface area contributed by atoms with E-state index < -0.39 is 5.63 Å². The molecule has 35 heavy (non-hydrogen) atoms. The van der Waals surface area contributed by atoms with Gasteiger partial charge in [-0.25, -0.2) is 4.79 Å². The Hall–Kier alpha value is -3.11. The SMILES string of the molecule is CCCCCCCC(=O)c1c(Cl)c2cc3ccc(N(CC)Cc4ccccc4)cc3cc2oc1=O. The maximum absolute atomic E-state index is 12.8. The average Bonchev–Trinajstić information content (AvgIpc) is 2.86. The van der Waals surface area contributed by atoms with Crippen LogP contribution in [0.5, 0.6) is 0 Å². The van der Waals surface area contributed by atoms with Crippen LogP contribution >= 0.6 is 11.6 Å². The summed E-state index contributed by atoms with van der Waals surface area (Å²) in [6.07, 6.45) is 5.44. The molecule has 0 bridgehead atoms. The molecule has 0 spiro atoms. The number of rotatable bonds is 11. The number of carbonyl (C=O) groups is 1. The number of fused-ring (bicyclic) bond motifs is 2. The number of carbonyl (C=O) groups excluding carboxylic acids is 1. The lowest BCUT2D eigenvalue weighted by molar-refractivity contribution is 0.0976. The molecular weight excluding hydrogens is 458 g/mol. The van der Waals surface area contributed by atoms with E-state index in [4.69, 9.17) is 16.0 Å². The van der Waals surface area contributed by atoms with Crippen LogP contribution in [0.3, 0.4) is 0 Å². The Kier molecular flexibility index (Phi) is 8.25. The quantitative estimate of drug-likeness (QED) is 0.0922. The molecule has 0 unspecified atom stereocenters. The van der Waals surface area contributed by atoms with Crippen molar-refractivity contribution in [1.29, 1.82) is 0 Å². The van der Waals surface area contributed by atoms with E-state index in [1.165, 1.54) is 5.56 Å². The van der Waals surface area contributed by atoms with Gasteiger partial charge in [0.25, 0.3) is 0 Å². The second-order valence-corrected chi connectivity index (χ2v) is 9.42. The van der Waals surface area contributed by atoms with Crippen molar-refractivity contribution in [3.05, 3.63) is 87.2 Å². The van der Waals surface area contributed by atoms with Crippen LogP contribution in [0.1, 0.15) is 68.3 Å². The first-order valence-electron chi connectivity index (χ1n) is 12.5. The molecule has 0 fully saturated rings. The lowest BCUT2D eigenvalue weighted by Crippen LogP contribution is -2.21. The van der Waals surface area contributed by atoms with Crippen molar-refractivity contribution in [2.24, 2.45) is 0 Å². The van der Waals surface area contributed by atoms with Gasteiger partial charge in [-0.1, -0.05) is 80.6 Å². The van der Waals surface area contributed by atoms with Gasteiger partial charge in [-0.05, 0) is 53.9 Å². The maximum Gasteiger partial charge on any atom is 0.348 e. The lowest BCUT2D eigenvalue weighted by Gasteiger charge is -2.23. The molecule has 3 aromatic carbocycles. The van der Waals surface area contributed by atoms with Crippen molar-refractivity contribution in [3.63, 3.8) is 0 Å². The van der Waals surface area contributed by atoms with Gasteiger partial charge in [0, 0.05) is 30.6 Å². The number of halogens is 1. The number of ketones is 1. The topological polar surface area (TPSA) is 50.5 Å². The van der Waals surface area contributed by atoms with E-state index in [1.54, 1.807) is 0 Å². The zero-order valence-electron chi connectivity index (χ0n) is 20.5. The van der Waals surface area contributed by atoms with E-state index >= 15 is 0 Å². The Morgan fingerprint density at radius 3 is 2.43 bits per heavy atom. The molecule has 0 aliphatic rings. The van der Waals surface area contributed by atoms with Crippen LogP contribution in [0.25, 0.3) is 21.7 Å². The van der Waals surface area contributed by atoms with E-state index in [9.17, 15) is 9.59 Å². The molecule has 0 aliphatic carbocycles. The van der Waals surface area contributed by atoms with Crippen LogP contribution in [-0.2, 0) is 6.54 Å². The number of unbranched alkanes of at least 4 members (excludes halogenated alkanes) is 4. The summed E-state index contributed by atoms with van der Waals surface area (Å²) in [5, 5.41) is 2.72. The first-order valence-corrected chi connectivity index (χ1v) is 12.9. The van der Waals surface area contributed by atoms with E-state index in [-0.39, 0.29) is 16.4 Å². The minimum atomic E-state index is -0.657. The van der Waals surface area contributed by atoms with Gasteiger partial charge >= 0.3 is 5.63 Å². The normalized spacial score (nSPS) is 11.3. The van der Waals surface area contributed by atoms with Gasteiger partial charge in [0.1, 0.15) is 11.1 Å². The summed E-state index contributed by atoms with van der Waals surface area (Å²) in [6.45, 7) is 5.95. The Morgan fingerprint density at radius 1 is 0.914 bits per heavy atom. The van der Waals surface area contributed by atoms with Crippen LogP contribution in [0.15, 0.2) is 69.9 Å². The fourth-order valence-electron chi connectivity index (χ4n) is 4.53. The van der Waals surface area contributed by atoms with Crippen molar-refractivity contribution in [2.75, 3.05) is 11.4 Å². The highest BCUT2D eigenvalue weighted by Crippen LogP contribution is 2.32. The first kappa shape index (κ1) is 25.0. The minimum absolute atomic E-state index is 0.0225. The summed E-state index contributed by atoms with van der Waals surface area (Å²) in [5.74, 6) is -0.239. The summed E-state index contributed by atoms with van der Waals surface area (Å²) in [4.78, 5) is 27.8. The van der Waals surface area contributed by atoms with Gasteiger partial charge in [-0.3, -0.25) is 4.79 Å². The number of hydrogen-bond donors (Lipinski definition) is 0. The molecule has 1 aromatic heterocycles. The van der Waals surface area contributed by atoms with E-state index in [1.807, 2.05) is 30.3 Å². The van der Waals surface area contributed by atoms with Crippen LogP contribution < -0.4 is 10.5 Å². The highest BCUT2D eigenvalue weighted by molar-refractivity contribution is 6.38. The second-order valence-electron chi connectivity index (χ2n) is 9.05. The van der Waals surface area contributed by atoms with Gasteiger partial charge in [0.2, 0.25) is 0 Å². The Balaban J connectivity index is 1.63. The second kappa shape index (κ2) is 11.5. The van der Waals surface area contributed by atoms with E-state index in [0.29, 0.717) is 17.4 Å². The van der Waals surface area contributed by atoms with Gasteiger partial charge in [-0.2, -0.15) is 0 Å². The molecule has 0 N–H and O–H groups in total. The molecule has 0 amide bonds. The predicted molar refractivity (Wildman–Crippen MR) is 146 cm³/mol. The van der Waals surface area contributed by atoms with Crippen molar-refractivity contribution >= 4 is 44.8 Å². The average molecular weight is 490 g/mol. The molecule has 4 rings (SSSR count). The number of Topliss-reactive ketones (excluding diaryl/α,β-unsaturated/α-hetero) is 1. The molecular formula is C30H32ClNO3. The third-order valence-corrected chi connectivity index (χ3v) is 6.93. The van der Waals surface area contributed by atoms with E-state index in [2.05, 4.69) is 49.1 Å². The third kappa shape index (κ3) is 5.76. The summed E-state index contributed by atoms with van der Waals surface area (Å²) >= 11 is 6.61. The molecule has 182 valence electrons. The van der Waals surface area contributed by atoms with Crippen LogP contribution in [0.2, 0.25) is 5.02 Å². The van der Waals surface area contributed by atoms with Gasteiger partial charge in [-0.15, -0.1) is 0 Å². The largest absolute Gasteiger partial charge is 0.422 e. The fourth-order valence-corrected chi connectivity index (χ4v) is 4.86. The van der Waals surface area contributed by atoms with Gasteiger partial charge in [0.05, 0.1) is 5.02 Å². The first-order chi connectivity index (χ1) is 17.0. The van der Waals surface area contributed by atoms with Gasteiger partial charge in [0.15, 0.2) is 5.78 Å². The molecule has 0 radical (unpaired) electrons. The zero-order chi connectivity index (χ0) is 24.8. The lowest BCUT2D eigenvalue weighted by atomic mass is 10.0. The summed E-state index contributed by atoms with van der Waals surface area (Å²) < 4.78 is 5.60. The standard InChI is InChI=1S/C30H32ClNO3/c1-3-5-6-7-11-14-26(33)28-29(31)25-18-22-15-16-24(17-23(22)19-27(25)35-30(28)34)32(4-2)20-21-12-9-8-10-13-21/h8-10,12-13,15-19H,3-7,11,14,20H2,1-2H3. The summed E-state index contributed by atoms with van der Waals surface area (Å²) in [6, 6.07) is 20.4. The van der Waals surface area contributed by atoms with Crippen molar-refractivity contribution in [1.82, 2.24) is 0 Å². The Morgan fingerprint density at radius 2 is 1.69 bits per heavy atom. The highest BCUT2D eigenvalue weighted by Gasteiger charge is 2.20. The summed E-state index contributed by atoms with van der Waals surface area (Å²) in [7, 11) is 0. The molecule has 4 aromatic rings. The summed E-state index contributed by atoms with van der Waals surface area (Å²) in [5.41, 5.74) is 2.05. The molecule has 0 aliphatic heterocycles. The number of anilines is 1. The molecule has 4 nitrogen and oxygen atoms in total. The van der Waals surface area contributed by atoms with Crippen molar-refractivity contribution in [2.45, 2.75) is 58.9 Å². The van der Waals surface area contributed by atoms with Crippen LogP contribution in [0, 0.1) is 0 Å². The maximum atomic E-state index is 12.8. The number of nitrogens with zero attached hydrogens (tertiary/aromatic N) is 1. The van der Waals surface area contributed by atoms with Crippen molar-refractivity contribution in [3.8, 4) is 0 Å². The van der Waals surface area contributed by atoms with Crippen LogP contribution in [0.4, 0.5) is 5.69 Å². The third-order valence-electron chi connectivity index (χ3n) is 6.53. The highest BCUT2D eigenvalue weighted by atomic mass is 35.5. The number of hydrogen-bond acceptors (Lipinski definition) is 4. The molecule has 0 saturated carbocycles. The smallest absolute Gasteiger partial charge is 0.348 e. The minimum Gasteiger partial charge on any atom is -0.422 e. The molecule has 5 heteroatoms. The predicted octanol–water partition coefficient (Wildman–Crippen LogP) is 8.17. The van der Waals surface area contributed by atoms with E-state index in [0.717, 1.165) is 61.7 Å². The molecule has 0 saturated heterocycles. The Bertz CT molecular complexity index is 1380. The number of benzene rings is 3. The molecule has 0 atom stereocenters. The van der Waals surface area contributed by atoms with Crippen LogP contribution in [-0.4, -0.2) is 12.3 Å². The van der Waals surface area contributed by atoms with Crippen molar-refractivity contribution < 1.29 is 9.21 Å². The monoisotopic (exact) mass is 489 g/mol. The molecule has 1 heterocycles. The Labute approximate surface area is 211 Å².